The number of nitrogens with one attached hydrogen (secondary N) is 1. The van der Waals surface area contributed by atoms with Crippen molar-refractivity contribution in [2.24, 2.45) is 5.92 Å². The molecule has 1 atom stereocenters. The summed E-state index contributed by atoms with van der Waals surface area (Å²) >= 11 is 1.31. The molecule has 3 saturated heterocycles. The van der Waals surface area contributed by atoms with Gasteiger partial charge in [-0.15, -0.1) is 0 Å². The number of rotatable bonds is 4. The van der Waals surface area contributed by atoms with E-state index in [1.165, 1.54) is 43.5 Å². The van der Waals surface area contributed by atoms with Crippen LogP contribution >= 0.6 is 11.3 Å². The number of carbonyl (C=O) groups excluding carboxylic acids is 1. The summed E-state index contributed by atoms with van der Waals surface area (Å²) < 4.78 is 10.7. The molecule has 1 N–H and O–H groups in total. The summed E-state index contributed by atoms with van der Waals surface area (Å²) in [6.07, 6.45) is 4.11. The number of piperidine rings is 3. The zero-order valence-corrected chi connectivity index (χ0v) is 13.8. The zero-order valence-electron chi connectivity index (χ0n) is 12.9. The van der Waals surface area contributed by atoms with Gasteiger partial charge in [0.1, 0.15) is 6.26 Å². The van der Waals surface area contributed by atoms with Crippen molar-refractivity contribution in [1.82, 2.24) is 15.2 Å². The first-order valence-corrected chi connectivity index (χ1v) is 8.72. The van der Waals surface area contributed by atoms with Crippen molar-refractivity contribution in [2.45, 2.75) is 25.8 Å². The van der Waals surface area contributed by atoms with Gasteiger partial charge in [0.15, 0.2) is 5.06 Å². The average Bonchev–Trinajstić information content (AvgIpc) is 3.18. The van der Waals surface area contributed by atoms with Crippen LogP contribution in [0.4, 0.5) is 0 Å². The van der Waals surface area contributed by atoms with Gasteiger partial charge in [-0.1, -0.05) is 11.3 Å². The summed E-state index contributed by atoms with van der Waals surface area (Å²) in [5, 5.41) is 3.79. The average molecular weight is 333 g/mol. The lowest BCUT2D eigenvalue weighted by molar-refractivity contribution is 0.0622. The highest BCUT2D eigenvalue weighted by Crippen LogP contribution is 2.31. The predicted molar refractivity (Wildman–Crippen MR) is 86.1 cm³/mol. The molecular formula is C16H19N3O3S. The molecule has 5 heterocycles. The maximum Gasteiger partial charge on any atom is 0.400 e. The van der Waals surface area contributed by atoms with Crippen molar-refractivity contribution in [3.63, 3.8) is 0 Å². The van der Waals surface area contributed by atoms with Crippen molar-refractivity contribution in [1.29, 1.82) is 0 Å². The van der Waals surface area contributed by atoms with Gasteiger partial charge in [0.05, 0.1) is 10.6 Å². The van der Waals surface area contributed by atoms with Crippen molar-refractivity contribution in [3.8, 4) is 11.1 Å². The normalized spacial score (nSPS) is 26.2. The Morgan fingerprint density at radius 2 is 2.26 bits per heavy atom. The van der Waals surface area contributed by atoms with Crippen molar-refractivity contribution in [2.75, 3.05) is 19.6 Å². The molecule has 2 aromatic heterocycles. The van der Waals surface area contributed by atoms with Crippen molar-refractivity contribution < 1.29 is 13.9 Å². The molecule has 0 spiro atoms. The molecule has 1 unspecified atom stereocenters. The molecule has 2 aromatic rings. The van der Waals surface area contributed by atoms with Gasteiger partial charge >= 0.3 is 6.08 Å². The van der Waals surface area contributed by atoms with E-state index < -0.39 is 0 Å². The van der Waals surface area contributed by atoms with E-state index in [9.17, 15) is 4.79 Å². The van der Waals surface area contributed by atoms with E-state index >= 15 is 0 Å². The Balaban J connectivity index is 1.39. The fourth-order valence-electron chi connectivity index (χ4n) is 3.33. The van der Waals surface area contributed by atoms with Crippen LogP contribution in [0, 0.1) is 12.8 Å². The molecule has 23 heavy (non-hydrogen) atoms. The standard InChI is InChI=1S/C16H19N3O3S/c1-10-9-21-16(17-10)22-14-3-2-13(23-14)15(20)18-12-8-19-6-4-11(12)5-7-19/h2-3,9,11-12H,4-8H2,1H3,(H,18,20). The van der Waals surface area contributed by atoms with Crippen LogP contribution in [-0.2, 0) is 0 Å². The number of hydrogen-bond donors (Lipinski definition) is 1. The highest BCUT2D eigenvalue weighted by atomic mass is 32.1. The summed E-state index contributed by atoms with van der Waals surface area (Å²) in [4.78, 5) is 19.6. The smallest absolute Gasteiger partial charge is 0.400 e. The van der Waals surface area contributed by atoms with Gasteiger partial charge in [-0.3, -0.25) is 4.79 Å². The van der Waals surface area contributed by atoms with Gasteiger partial charge in [-0.05, 0) is 50.9 Å². The molecule has 0 aromatic carbocycles. The number of ether oxygens (including phenoxy) is 1. The molecule has 0 aliphatic carbocycles. The summed E-state index contributed by atoms with van der Waals surface area (Å²) in [7, 11) is 0. The lowest BCUT2D eigenvalue weighted by atomic mass is 9.84. The Morgan fingerprint density at radius 3 is 2.91 bits per heavy atom. The first-order valence-electron chi connectivity index (χ1n) is 7.90. The maximum absolute atomic E-state index is 12.4. The van der Waals surface area contributed by atoms with Gasteiger partial charge in [0, 0.05) is 12.6 Å². The van der Waals surface area contributed by atoms with Gasteiger partial charge in [0.25, 0.3) is 5.91 Å². The molecule has 3 fully saturated rings. The molecule has 5 rings (SSSR count). The number of fused-ring (bicyclic) bond motifs is 3. The molecule has 7 heteroatoms. The van der Waals surface area contributed by atoms with Crippen LogP contribution < -0.4 is 10.1 Å². The highest BCUT2D eigenvalue weighted by Gasteiger charge is 2.35. The highest BCUT2D eigenvalue weighted by molar-refractivity contribution is 7.15. The van der Waals surface area contributed by atoms with Gasteiger partial charge in [0.2, 0.25) is 0 Å². The minimum absolute atomic E-state index is 0.0211. The Morgan fingerprint density at radius 1 is 1.43 bits per heavy atom. The Bertz CT molecular complexity index is 703. The summed E-state index contributed by atoms with van der Waals surface area (Å²) in [6.45, 7) is 5.14. The second-order valence-electron chi connectivity index (χ2n) is 6.19. The van der Waals surface area contributed by atoms with Crippen LogP contribution in [0.5, 0.6) is 11.1 Å². The third kappa shape index (κ3) is 3.11. The molecule has 3 aliphatic heterocycles. The number of hydrogen-bond acceptors (Lipinski definition) is 6. The second-order valence-corrected chi connectivity index (χ2v) is 7.24. The zero-order chi connectivity index (χ0) is 15.8. The summed E-state index contributed by atoms with van der Waals surface area (Å²) in [5.74, 6) is 0.599. The number of aryl methyl sites for hydroxylation is 1. The van der Waals surface area contributed by atoms with Crippen LogP contribution in [0.25, 0.3) is 0 Å². The lowest BCUT2D eigenvalue weighted by Gasteiger charge is -2.44. The van der Waals surface area contributed by atoms with E-state index in [1.807, 2.05) is 6.92 Å². The first-order chi connectivity index (χ1) is 11.2. The monoisotopic (exact) mass is 333 g/mol. The molecule has 2 bridgehead atoms. The first kappa shape index (κ1) is 14.7. The third-order valence-corrected chi connectivity index (χ3v) is 5.53. The van der Waals surface area contributed by atoms with E-state index in [4.69, 9.17) is 9.15 Å². The predicted octanol–water partition coefficient (Wildman–Crippen LogP) is 2.66. The van der Waals surface area contributed by atoms with Crippen LogP contribution in [-0.4, -0.2) is 41.5 Å². The van der Waals surface area contributed by atoms with Crippen molar-refractivity contribution >= 4 is 17.2 Å². The van der Waals surface area contributed by atoms with Gasteiger partial charge in [-0.25, -0.2) is 0 Å². The maximum atomic E-state index is 12.4. The molecular weight excluding hydrogens is 314 g/mol. The summed E-state index contributed by atoms with van der Waals surface area (Å²) in [5.41, 5.74) is 0.761. The quantitative estimate of drug-likeness (QED) is 0.932. The van der Waals surface area contributed by atoms with Gasteiger partial charge < -0.3 is 19.4 Å². The number of oxazole rings is 1. The van der Waals surface area contributed by atoms with E-state index in [-0.39, 0.29) is 18.0 Å². The Hall–Kier alpha value is -1.86. The topological polar surface area (TPSA) is 67.6 Å². The summed E-state index contributed by atoms with van der Waals surface area (Å²) in [6, 6.07) is 3.83. The van der Waals surface area contributed by atoms with E-state index in [1.54, 1.807) is 12.1 Å². The number of aromatic nitrogens is 1. The lowest BCUT2D eigenvalue weighted by Crippen LogP contribution is -2.57. The Kier molecular flexibility index (Phi) is 3.82. The molecule has 1 amide bonds. The van der Waals surface area contributed by atoms with Crippen LogP contribution in [0.3, 0.4) is 0 Å². The number of amides is 1. The Labute approximate surface area is 138 Å². The van der Waals surface area contributed by atoms with Crippen molar-refractivity contribution in [3.05, 3.63) is 29.0 Å². The van der Waals surface area contributed by atoms with Crippen LogP contribution in [0.15, 0.2) is 22.8 Å². The number of carbonyl (C=O) groups is 1. The second kappa shape index (κ2) is 5.98. The number of nitrogens with zero attached hydrogens (tertiary/aromatic N) is 2. The fraction of sp³-hybridized carbons (Fsp3) is 0.500. The van der Waals surface area contributed by atoms with Gasteiger partial charge in [-0.2, -0.15) is 4.98 Å². The number of thiophene rings is 1. The van der Waals surface area contributed by atoms with E-state index in [0.717, 1.165) is 12.2 Å². The van der Waals surface area contributed by atoms with Crippen LogP contribution in [0.1, 0.15) is 28.2 Å². The van der Waals surface area contributed by atoms with E-state index in [2.05, 4.69) is 15.2 Å². The minimum Gasteiger partial charge on any atom is -0.417 e. The molecule has 122 valence electrons. The minimum atomic E-state index is -0.0211. The fourth-order valence-corrected chi connectivity index (χ4v) is 4.08. The molecule has 6 nitrogen and oxygen atoms in total. The molecule has 3 aliphatic rings. The third-order valence-electron chi connectivity index (χ3n) is 4.56. The van der Waals surface area contributed by atoms with E-state index in [0.29, 0.717) is 15.9 Å². The molecule has 0 radical (unpaired) electrons. The SMILES string of the molecule is Cc1coc(Oc2ccc(C(=O)NC3CN4CCC3CC4)s2)n1. The van der Waals surface area contributed by atoms with Crippen LogP contribution in [0.2, 0.25) is 0 Å². The molecule has 0 saturated carbocycles. The largest absolute Gasteiger partial charge is 0.417 e.